The molecule has 0 aromatic heterocycles. The molecule has 4 aliphatic rings. The van der Waals surface area contributed by atoms with E-state index in [9.17, 15) is 13.2 Å². The van der Waals surface area contributed by atoms with E-state index in [-0.39, 0.29) is 39.2 Å². The van der Waals surface area contributed by atoms with E-state index in [1.165, 1.54) is 0 Å². The molecule has 1 heterocycles. The molecule has 2 unspecified atom stereocenters. The molecule has 3 aliphatic carbocycles. The number of carbonyl (C=O) groups excluding carboxylic acids is 1. The van der Waals surface area contributed by atoms with E-state index in [0.717, 1.165) is 32.1 Å². The van der Waals surface area contributed by atoms with Gasteiger partial charge in [-0.1, -0.05) is 41.5 Å². The van der Waals surface area contributed by atoms with Crippen LogP contribution in [0.4, 0.5) is 0 Å². The zero-order chi connectivity index (χ0) is 19.4. The van der Waals surface area contributed by atoms with E-state index in [4.69, 9.17) is 0 Å². The van der Waals surface area contributed by atoms with Crippen LogP contribution in [0.5, 0.6) is 0 Å². The van der Waals surface area contributed by atoms with Gasteiger partial charge in [0.15, 0.2) is 0 Å². The van der Waals surface area contributed by atoms with Crippen molar-refractivity contribution in [3.8, 4) is 0 Å². The highest BCUT2D eigenvalue weighted by atomic mass is 32.2. The number of sulfonamides is 1. The highest BCUT2D eigenvalue weighted by Crippen LogP contribution is 2.71. The van der Waals surface area contributed by atoms with Gasteiger partial charge in [-0.2, -0.15) is 4.31 Å². The summed E-state index contributed by atoms with van der Waals surface area (Å²) < 4.78 is 29.0. The molecule has 0 spiro atoms. The highest BCUT2D eigenvalue weighted by molar-refractivity contribution is 7.89. The number of hydrogen-bond acceptors (Lipinski definition) is 3. The lowest BCUT2D eigenvalue weighted by molar-refractivity contribution is -0.128. The van der Waals surface area contributed by atoms with Crippen LogP contribution in [0.25, 0.3) is 0 Å². The molecule has 4 rings (SSSR count). The molecule has 4 atom stereocenters. The number of hydrogen-bond donors (Lipinski definition) is 0. The van der Waals surface area contributed by atoms with Gasteiger partial charge < -0.3 is 0 Å². The summed E-state index contributed by atoms with van der Waals surface area (Å²) in [4.78, 5) is 13.0. The first-order valence-electron chi connectivity index (χ1n) is 10.2. The zero-order valence-corrected chi connectivity index (χ0v) is 18.1. The molecule has 0 aromatic carbocycles. The summed E-state index contributed by atoms with van der Waals surface area (Å²) in [5, 5.41) is 0. The maximum absolute atomic E-state index is 13.6. The number of rotatable bonds is 3. The van der Waals surface area contributed by atoms with Gasteiger partial charge in [0.25, 0.3) is 0 Å². The SMILES string of the molecule is CC1(C)CC2CC(C)(CN2S(=O)(=O)C[C@@]23CC[C@@](C)(CC2=O)C3(C)C)C1. The lowest BCUT2D eigenvalue weighted by Crippen LogP contribution is -2.48. The number of fused-ring (bicyclic) bond motifs is 4. The van der Waals surface area contributed by atoms with E-state index in [1.54, 1.807) is 4.31 Å². The van der Waals surface area contributed by atoms with Gasteiger partial charge in [0, 0.05) is 24.4 Å². The molecule has 0 radical (unpaired) electrons. The van der Waals surface area contributed by atoms with Gasteiger partial charge in [0.1, 0.15) is 5.78 Å². The van der Waals surface area contributed by atoms with Crippen molar-refractivity contribution in [2.24, 2.45) is 27.1 Å². The molecule has 1 saturated heterocycles. The maximum atomic E-state index is 13.6. The summed E-state index contributed by atoms with van der Waals surface area (Å²) in [5.74, 6) is 0.211. The van der Waals surface area contributed by atoms with Crippen LogP contribution in [0, 0.1) is 27.1 Å². The molecular weight excluding hydrogens is 346 g/mol. The molecule has 1 aliphatic heterocycles. The third kappa shape index (κ3) is 2.28. The molecule has 0 aromatic rings. The minimum atomic E-state index is -3.45. The van der Waals surface area contributed by atoms with Crippen LogP contribution in [0.1, 0.15) is 80.1 Å². The third-order valence-electron chi connectivity index (χ3n) is 9.05. The molecule has 4 bridgehead atoms. The van der Waals surface area contributed by atoms with Crippen LogP contribution in [0.2, 0.25) is 0 Å². The largest absolute Gasteiger partial charge is 0.299 e. The normalized spacial score (nSPS) is 46.8. The van der Waals surface area contributed by atoms with Crippen molar-refractivity contribution in [3.63, 3.8) is 0 Å². The second kappa shape index (κ2) is 4.94. The first-order chi connectivity index (χ1) is 11.7. The van der Waals surface area contributed by atoms with E-state index >= 15 is 0 Å². The molecule has 4 nitrogen and oxygen atoms in total. The second-order valence-electron chi connectivity index (χ2n) is 11.9. The minimum Gasteiger partial charge on any atom is -0.299 e. The Balaban J connectivity index is 1.66. The molecule has 148 valence electrons. The van der Waals surface area contributed by atoms with Crippen LogP contribution in [0.15, 0.2) is 0 Å². The third-order valence-corrected chi connectivity index (χ3v) is 11.0. The average Bonchev–Trinajstić information content (AvgIpc) is 2.86. The molecule has 4 fully saturated rings. The van der Waals surface area contributed by atoms with Crippen molar-refractivity contribution in [2.75, 3.05) is 12.3 Å². The first kappa shape index (κ1) is 18.9. The number of Topliss-reactive ketones (excluding diaryl/α,β-unsaturated/α-hetero) is 1. The number of nitrogens with zero attached hydrogens (tertiary/aromatic N) is 1. The fourth-order valence-electron chi connectivity index (χ4n) is 7.47. The Kier molecular flexibility index (Phi) is 3.60. The Morgan fingerprint density at radius 1 is 1.04 bits per heavy atom. The van der Waals surface area contributed by atoms with Gasteiger partial charge in [-0.25, -0.2) is 8.42 Å². The molecule has 26 heavy (non-hydrogen) atoms. The van der Waals surface area contributed by atoms with Gasteiger partial charge in [-0.15, -0.1) is 0 Å². The number of carbonyl (C=O) groups is 1. The molecule has 3 saturated carbocycles. The molecular formula is C21H35NO3S. The summed E-state index contributed by atoms with van der Waals surface area (Å²) in [6, 6.07) is 0.109. The van der Waals surface area contributed by atoms with Gasteiger partial charge >= 0.3 is 0 Å². The summed E-state index contributed by atoms with van der Waals surface area (Å²) in [6.07, 6.45) is 5.23. The van der Waals surface area contributed by atoms with E-state index in [1.807, 2.05) is 0 Å². The Morgan fingerprint density at radius 2 is 1.69 bits per heavy atom. The van der Waals surface area contributed by atoms with Crippen molar-refractivity contribution in [3.05, 3.63) is 0 Å². The van der Waals surface area contributed by atoms with Crippen molar-refractivity contribution in [1.82, 2.24) is 4.31 Å². The summed E-state index contributed by atoms with van der Waals surface area (Å²) in [5.41, 5.74) is -0.713. The summed E-state index contributed by atoms with van der Waals surface area (Å²) in [6.45, 7) is 13.8. The molecule has 5 heteroatoms. The first-order valence-corrected chi connectivity index (χ1v) is 11.8. The van der Waals surface area contributed by atoms with Crippen LogP contribution < -0.4 is 0 Å². The van der Waals surface area contributed by atoms with Crippen molar-refractivity contribution < 1.29 is 13.2 Å². The predicted molar refractivity (Wildman–Crippen MR) is 103 cm³/mol. The van der Waals surface area contributed by atoms with Gasteiger partial charge in [-0.05, 0) is 53.8 Å². The Bertz CT molecular complexity index is 770. The van der Waals surface area contributed by atoms with Crippen LogP contribution in [-0.4, -0.2) is 36.8 Å². The van der Waals surface area contributed by atoms with Crippen LogP contribution >= 0.6 is 0 Å². The standard InChI is InChI=1S/C21H35NO3S/c1-17(2)9-15-10-19(5,12-17)13-22(15)26(24,25)14-21-8-7-20(6,11-16(21)23)18(21,3)4/h15H,7-14H2,1-6H3/t15?,19?,20-,21-/m0/s1. The fourth-order valence-corrected chi connectivity index (χ4v) is 10.0. The minimum absolute atomic E-state index is 0.0223. The van der Waals surface area contributed by atoms with Crippen molar-refractivity contribution in [1.29, 1.82) is 0 Å². The molecule has 0 N–H and O–H groups in total. The van der Waals surface area contributed by atoms with Crippen molar-refractivity contribution >= 4 is 15.8 Å². The lowest BCUT2D eigenvalue weighted by atomic mass is 9.65. The maximum Gasteiger partial charge on any atom is 0.215 e. The predicted octanol–water partition coefficient (Wildman–Crippen LogP) is 4.00. The number of ketones is 1. The Hall–Kier alpha value is -0.420. The fraction of sp³-hybridized carbons (Fsp3) is 0.952. The van der Waals surface area contributed by atoms with Gasteiger partial charge in [0.2, 0.25) is 10.0 Å². The summed E-state index contributed by atoms with van der Waals surface area (Å²) in [7, 11) is -3.45. The van der Waals surface area contributed by atoms with Crippen molar-refractivity contribution in [2.45, 2.75) is 86.1 Å². The Labute approximate surface area is 159 Å². The van der Waals surface area contributed by atoms with E-state index < -0.39 is 15.4 Å². The monoisotopic (exact) mass is 381 g/mol. The summed E-state index contributed by atoms with van der Waals surface area (Å²) >= 11 is 0. The topological polar surface area (TPSA) is 54.5 Å². The zero-order valence-electron chi connectivity index (χ0n) is 17.3. The van der Waals surface area contributed by atoms with Gasteiger partial charge in [0.05, 0.1) is 5.75 Å². The molecule has 0 amide bonds. The van der Waals surface area contributed by atoms with Gasteiger partial charge in [-0.3, -0.25) is 4.79 Å². The lowest BCUT2D eigenvalue weighted by Gasteiger charge is -2.41. The van der Waals surface area contributed by atoms with Crippen LogP contribution in [0.3, 0.4) is 0 Å². The smallest absolute Gasteiger partial charge is 0.215 e. The quantitative estimate of drug-likeness (QED) is 0.742. The van der Waals surface area contributed by atoms with E-state index in [2.05, 4.69) is 41.5 Å². The van der Waals surface area contributed by atoms with E-state index in [0.29, 0.717) is 13.0 Å². The Morgan fingerprint density at radius 3 is 2.23 bits per heavy atom. The van der Waals surface area contributed by atoms with Crippen LogP contribution in [-0.2, 0) is 14.8 Å². The highest BCUT2D eigenvalue weighted by Gasteiger charge is 2.71. The average molecular weight is 382 g/mol. The second-order valence-corrected chi connectivity index (χ2v) is 13.8.